The Morgan fingerprint density at radius 3 is 2.58 bits per heavy atom. The lowest BCUT2D eigenvalue weighted by Gasteiger charge is -2.17. The Morgan fingerprint density at radius 1 is 1.37 bits per heavy atom. The summed E-state index contributed by atoms with van der Waals surface area (Å²) in [7, 11) is 0. The predicted octanol–water partition coefficient (Wildman–Crippen LogP) is 4.26. The lowest BCUT2D eigenvalue weighted by molar-refractivity contribution is 0.430. The van der Waals surface area contributed by atoms with Gasteiger partial charge in [-0.3, -0.25) is 0 Å². The first-order chi connectivity index (χ1) is 9.01. The van der Waals surface area contributed by atoms with E-state index >= 15 is 0 Å². The minimum absolute atomic E-state index is 0.0748. The number of benzene rings is 2. The molecule has 0 aliphatic rings. The smallest absolute Gasteiger partial charge is 0.139 e. The maximum atomic E-state index is 13.8. The van der Waals surface area contributed by atoms with Gasteiger partial charge in [-0.05, 0) is 29.0 Å². The highest BCUT2D eigenvalue weighted by Crippen LogP contribution is 2.37. The monoisotopic (exact) mass is 260 g/mol. The van der Waals surface area contributed by atoms with Crippen molar-refractivity contribution in [3.05, 3.63) is 40.7 Å². The van der Waals surface area contributed by atoms with E-state index in [4.69, 9.17) is 6.42 Å². The van der Waals surface area contributed by atoms with E-state index < -0.39 is 12.5 Å². The Kier molecular flexibility index (Phi) is 3.44. The van der Waals surface area contributed by atoms with Crippen molar-refractivity contribution in [1.29, 1.82) is 0 Å². The Morgan fingerprint density at radius 2 is 2.05 bits per heavy atom. The molecule has 0 heterocycles. The molecule has 1 N–H and O–H groups in total. The van der Waals surface area contributed by atoms with Crippen LogP contribution in [0.4, 0.5) is 8.78 Å². The third-order valence-electron chi connectivity index (χ3n) is 3.24. The zero-order valence-corrected chi connectivity index (χ0v) is 10.8. The van der Waals surface area contributed by atoms with Gasteiger partial charge in [0.2, 0.25) is 0 Å². The summed E-state index contributed by atoms with van der Waals surface area (Å²) in [6, 6.07) is 4.23. The van der Waals surface area contributed by atoms with Crippen molar-refractivity contribution in [1.82, 2.24) is 0 Å². The molecule has 3 heteroatoms. The molecule has 98 valence electrons. The molecule has 0 radical (unpaired) electrons. The standard InChI is InChI=1S/C16H14F2O/c1-4-11-13(18)6-5-10-7-14(19)12(8-17)15(9(2)3)16(10)11/h1,5-7,9,19H,8H2,2-3H3. The number of fused-ring (bicyclic) bond motifs is 1. The van der Waals surface area contributed by atoms with Crippen molar-refractivity contribution in [2.24, 2.45) is 0 Å². The van der Waals surface area contributed by atoms with Crippen LogP contribution in [0.1, 0.15) is 36.5 Å². The van der Waals surface area contributed by atoms with Gasteiger partial charge in [-0.2, -0.15) is 0 Å². The van der Waals surface area contributed by atoms with E-state index in [1.165, 1.54) is 12.1 Å². The number of terminal acetylenes is 1. The maximum absolute atomic E-state index is 13.8. The molecule has 0 atom stereocenters. The number of halogens is 2. The summed E-state index contributed by atoms with van der Waals surface area (Å²) in [5.41, 5.74) is 0.880. The van der Waals surface area contributed by atoms with E-state index in [0.29, 0.717) is 16.3 Å². The molecule has 0 aliphatic carbocycles. The van der Waals surface area contributed by atoms with Crippen LogP contribution >= 0.6 is 0 Å². The van der Waals surface area contributed by atoms with Crippen LogP contribution < -0.4 is 0 Å². The lowest BCUT2D eigenvalue weighted by Crippen LogP contribution is -2.00. The molecule has 19 heavy (non-hydrogen) atoms. The summed E-state index contributed by atoms with van der Waals surface area (Å²) in [6.07, 6.45) is 5.37. The van der Waals surface area contributed by atoms with Crippen LogP contribution in [0.15, 0.2) is 18.2 Å². The Hall–Kier alpha value is -2.08. The predicted molar refractivity (Wildman–Crippen MR) is 72.4 cm³/mol. The van der Waals surface area contributed by atoms with E-state index in [1.807, 2.05) is 13.8 Å². The summed E-state index contributed by atoms with van der Waals surface area (Å²) in [5.74, 6) is 1.63. The van der Waals surface area contributed by atoms with E-state index in [2.05, 4.69) is 5.92 Å². The molecule has 0 spiro atoms. The van der Waals surface area contributed by atoms with Crippen molar-refractivity contribution in [3.8, 4) is 18.1 Å². The van der Waals surface area contributed by atoms with E-state index in [-0.39, 0.29) is 22.8 Å². The molecule has 0 unspecified atom stereocenters. The number of alkyl halides is 1. The summed E-state index contributed by atoms with van der Waals surface area (Å²) in [5, 5.41) is 11.0. The molecule has 2 rings (SSSR count). The van der Waals surface area contributed by atoms with Gasteiger partial charge in [0.25, 0.3) is 0 Å². The van der Waals surface area contributed by atoms with Gasteiger partial charge in [-0.25, -0.2) is 8.78 Å². The zero-order valence-electron chi connectivity index (χ0n) is 10.8. The third-order valence-corrected chi connectivity index (χ3v) is 3.24. The fourth-order valence-electron chi connectivity index (χ4n) is 2.45. The number of phenolic OH excluding ortho intramolecular Hbond substituents is 1. The second kappa shape index (κ2) is 4.89. The summed E-state index contributed by atoms with van der Waals surface area (Å²) < 4.78 is 27.0. The molecular formula is C16H14F2O. The Labute approximate surface area is 110 Å². The highest BCUT2D eigenvalue weighted by atomic mass is 19.1. The van der Waals surface area contributed by atoms with Gasteiger partial charge in [0.1, 0.15) is 18.2 Å². The van der Waals surface area contributed by atoms with E-state index in [0.717, 1.165) is 0 Å². The molecule has 0 amide bonds. The normalized spacial score (nSPS) is 10.9. The topological polar surface area (TPSA) is 20.2 Å². The van der Waals surface area contributed by atoms with Crippen LogP contribution in [-0.2, 0) is 6.67 Å². The Bertz CT molecular complexity index is 681. The number of hydrogen-bond acceptors (Lipinski definition) is 1. The molecule has 0 bridgehead atoms. The number of aromatic hydroxyl groups is 1. The minimum Gasteiger partial charge on any atom is -0.508 e. The highest BCUT2D eigenvalue weighted by Gasteiger charge is 2.19. The number of phenols is 1. The van der Waals surface area contributed by atoms with Gasteiger partial charge in [0.05, 0.1) is 5.56 Å². The van der Waals surface area contributed by atoms with Crippen molar-refractivity contribution in [2.45, 2.75) is 26.4 Å². The molecule has 0 fully saturated rings. The van der Waals surface area contributed by atoms with Crippen molar-refractivity contribution < 1.29 is 13.9 Å². The minimum atomic E-state index is -0.810. The zero-order chi connectivity index (χ0) is 14.2. The van der Waals surface area contributed by atoms with Crippen LogP contribution in [0.5, 0.6) is 5.75 Å². The van der Waals surface area contributed by atoms with Gasteiger partial charge < -0.3 is 5.11 Å². The molecule has 2 aromatic rings. The second-order valence-electron chi connectivity index (χ2n) is 4.74. The first-order valence-corrected chi connectivity index (χ1v) is 6.00. The molecule has 0 saturated heterocycles. The van der Waals surface area contributed by atoms with Crippen LogP contribution in [-0.4, -0.2) is 5.11 Å². The number of rotatable bonds is 2. The molecule has 0 aromatic heterocycles. The van der Waals surface area contributed by atoms with Crippen LogP contribution in [0, 0.1) is 18.2 Å². The van der Waals surface area contributed by atoms with Crippen molar-refractivity contribution in [3.63, 3.8) is 0 Å². The fourth-order valence-corrected chi connectivity index (χ4v) is 2.45. The van der Waals surface area contributed by atoms with E-state index in [9.17, 15) is 13.9 Å². The highest BCUT2D eigenvalue weighted by molar-refractivity contribution is 5.94. The lowest BCUT2D eigenvalue weighted by atomic mass is 9.88. The summed E-state index contributed by atoms with van der Waals surface area (Å²) in [4.78, 5) is 0. The van der Waals surface area contributed by atoms with Gasteiger partial charge in [-0.15, -0.1) is 6.42 Å². The molecular weight excluding hydrogens is 246 g/mol. The first kappa shape index (κ1) is 13.4. The quantitative estimate of drug-likeness (QED) is 0.800. The van der Waals surface area contributed by atoms with Crippen molar-refractivity contribution >= 4 is 10.8 Å². The largest absolute Gasteiger partial charge is 0.508 e. The number of hydrogen-bond donors (Lipinski definition) is 1. The average Bonchev–Trinajstić information content (AvgIpc) is 2.37. The molecule has 2 aromatic carbocycles. The van der Waals surface area contributed by atoms with Gasteiger partial charge in [0, 0.05) is 10.9 Å². The van der Waals surface area contributed by atoms with Crippen LogP contribution in [0.2, 0.25) is 0 Å². The molecule has 1 nitrogen and oxygen atoms in total. The van der Waals surface area contributed by atoms with Crippen molar-refractivity contribution in [2.75, 3.05) is 0 Å². The van der Waals surface area contributed by atoms with Crippen LogP contribution in [0.25, 0.3) is 10.8 Å². The first-order valence-electron chi connectivity index (χ1n) is 6.00. The Balaban J connectivity index is 3.05. The molecule has 0 aliphatic heterocycles. The fraction of sp³-hybridized carbons (Fsp3) is 0.250. The molecule has 0 saturated carbocycles. The van der Waals surface area contributed by atoms with Gasteiger partial charge in [0.15, 0.2) is 0 Å². The second-order valence-corrected chi connectivity index (χ2v) is 4.74. The van der Waals surface area contributed by atoms with Gasteiger partial charge >= 0.3 is 0 Å². The van der Waals surface area contributed by atoms with Gasteiger partial charge in [-0.1, -0.05) is 25.8 Å². The SMILES string of the molecule is C#Cc1c(F)ccc2cc(O)c(CF)c(C(C)C)c12. The summed E-state index contributed by atoms with van der Waals surface area (Å²) >= 11 is 0. The average molecular weight is 260 g/mol. The summed E-state index contributed by atoms with van der Waals surface area (Å²) in [6.45, 7) is 2.91. The maximum Gasteiger partial charge on any atom is 0.139 e. The van der Waals surface area contributed by atoms with E-state index in [1.54, 1.807) is 6.07 Å². The van der Waals surface area contributed by atoms with Crippen LogP contribution in [0.3, 0.4) is 0 Å². The third kappa shape index (κ3) is 2.04.